The number of anilines is 1. The van der Waals surface area contributed by atoms with Crippen molar-refractivity contribution in [3.63, 3.8) is 0 Å². The van der Waals surface area contributed by atoms with Crippen LogP contribution >= 0.6 is 0 Å². The molecule has 0 fully saturated rings. The zero-order chi connectivity index (χ0) is 42.3. The molecule has 7 aromatic rings. The molecule has 3 aliphatic rings. The summed E-state index contributed by atoms with van der Waals surface area (Å²) in [7, 11) is 6.79. The lowest BCUT2D eigenvalue weighted by molar-refractivity contribution is -0.142. The molecule has 4 nitrogen and oxygen atoms in total. The number of hydrogen-bond acceptors (Lipinski definition) is 3. The van der Waals surface area contributed by atoms with E-state index in [1.165, 1.54) is 10.9 Å². The molecule has 61 heavy (non-hydrogen) atoms. The Hall–Kier alpha value is -7.32. The maximum Gasteiger partial charge on any atom is 0.417 e. The van der Waals surface area contributed by atoms with Crippen molar-refractivity contribution < 1.29 is 26.3 Å². The molecular weight excluding hydrogens is 781 g/mol. The van der Waals surface area contributed by atoms with Crippen LogP contribution in [0.15, 0.2) is 174 Å². The molecule has 11 heteroatoms. The van der Waals surface area contributed by atoms with E-state index >= 15 is 0 Å². The number of hydrogen-bond donors (Lipinski definition) is 1. The molecule has 2 aliphatic heterocycles. The predicted molar refractivity (Wildman–Crippen MR) is 226 cm³/mol. The fourth-order valence-corrected chi connectivity index (χ4v) is 9.33. The largest absolute Gasteiger partial charge is 0.417 e. The summed E-state index contributed by atoms with van der Waals surface area (Å²) in [6.45, 7) is 0.0606. The number of aliphatic imine (C=N–C) groups is 1. The Morgan fingerprint density at radius 3 is 1.95 bits per heavy atom. The van der Waals surface area contributed by atoms with Crippen molar-refractivity contribution in [2.45, 2.75) is 17.8 Å². The normalized spacial score (nSPS) is 16.0. The second-order valence-electron chi connectivity index (χ2n) is 15.1. The van der Waals surface area contributed by atoms with Gasteiger partial charge in [-0.05, 0) is 79.7 Å². The summed E-state index contributed by atoms with van der Waals surface area (Å²) < 4.78 is 83.9. The molecule has 1 N–H and O–H groups in total. The maximum absolute atomic E-state index is 14.4. The van der Waals surface area contributed by atoms with Gasteiger partial charge in [0.1, 0.15) is 11.7 Å². The molecule has 0 saturated heterocycles. The summed E-state index contributed by atoms with van der Waals surface area (Å²) in [4.78, 5) is 6.56. The highest BCUT2D eigenvalue weighted by atomic mass is 19.4. The van der Waals surface area contributed by atoms with Gasteiger partial charge in [0.15, 0.2) is 0 Å². The van der Waals surface area contributed by atoms with Crippen molar-refractivity contribution in [3.05, 3.63) is 214 Å². The Kier molecular flexibility index (Phi) is 8.63. The third kappa shape index (κ3) is 5.88. The zero-order valence-electron chi connectivity index (χ0n) is 31.9. The minimum Gasteiger partial charge on any atom is -0.405 e. The number of allylic oxidation sites excluding steroid dienone is 2. The minimum absolute atomic E-state index is 0.0606. The van der Waals surface area contributed by atoms with Crippen molar-refractivity contribution in [1.29, 1.82) is 5.26 Å². The fourth-order valence-electron chi connectivity index (χ4n) is 9.33. The number of benzene rings is 7. The second-order valence-corrected chi connectivity index (χ2v) is 15.1. The van der Waals surface area contributed by atoms with Gasteiger partial charge in [0.05, 0.1) is 22.6 Å². The van der Waals surface area contributed by atoms with Crippen LogP contribution in [0.1, 0.15) is 44.5 Å². The van der Waals surface area contributed by atoms with Gasteiger partial charge >= 0.3 is 12.4 Å². The van der Waals surface area contributed by atoms with E-state index in [0.717, 1.165) is 45.0 Å². The number of nitrogens with one attached hydrogen (secondary N) is 1. The number of fused-ring (bicyclic) bond motifs is 3. The number of alkyl halides is 6. The van der Waals surface area contributed by atoms with E-state index in [-0.39, 0.29) is 23.7 Å². The van der Waals surface area contributed by atoms with E-state index in [2.05, 4.69) is 53.9 Å². The Labute approximate surface area is 347 Å². The number of rotatable bonds is 5. The molecule has 0 spiro atoms. The summed E-state index contributed by atoms with van der Waals surface area (Å²) >= 11 is 0. The van der Waals surface area contributed by atoms with Gasteiger partial charge in [-0.1, -0.05) is 133 Å². The molecule has 0 unspecified atom stereocenters. The molecular formula is C50H29BF6N4. The molecule has 0 atom stereocenters. The topological polar surface area (TPSA) is 51.4 Å². The van der Waals surface area contributed by atoms with Crippen molar-refractivity contribution in [2.24, 2.45) is 4.99 Å². The number of halogens is 6. The van der Waals surface area contributed by atoms with Crippen molar-refractivity contribution in [3.8, 4) is 28.3 Å². The summed E-state index contributed by atoms with van der Waals surface area (Å²) in [6.07, 6.45) is -8.22. The lowest BCUT2D eigenvalue weighted by Crippen LogP contribution is -2.28. The summed E-state index contributed by atoms with van der Waals surface area (Å²) in [5.74, 6) is 0.699. The molecule has 1 aliphatic carbocycles. The van der Waals surface area contributed by atoms with E-state index in [4.69, 9.17) is 13.0 Å². The van der Waals surface area contributed by atoms with Crippen LogP contribution in [0.3, 0.4) is 0 Å². The average molecular weight is 811 g/mol. The van der Waals surface area contributed by atoms with E-state index in [0.29, 0.717) is 50.9 Å². The third-order valence-corrected chi connectivity index (χ3v) is 11.8. The molecule has 294 valence electrons. The Morgan fingerprint density at radius 1 is 0.639 bits per heavy atom. The van der Waals surface area contributed by atoms with Crippen LogP contribution in [0, 0.1) is 11.3 Å². The zero-order valence-corrected chi connectivity index (χ0v) is 31.9. The van der Waals surface area contributed by atoms with Crippen LogP contribution in [0.5, 0.6) is 0 Å². The molecule has 10 rings (SSSR count). The highest BCUT2D eigenvalue weighted by Gasteiger charge is 2.47. The average Bonchev–Trinajstić information content (AvgIpc) is 3.78. The van der Waals surface area contributed by atoms with Gasteiger partial charge in [0.2, 0.25) is 7.98 Å². The smallest absolute Gasteiger partial charge is 0.405 e. The standard InChI is InChI=1S/C50H29BF6N4/c51-61-28-29(27-58)25-39(36-17-10-20-41-44(36)37-15-7-8-19-40(37)48(41,30-11-3-1-4-12-30)31-13-5-2-6-14-31)47(61)60-46-38-18-9-16-35-33(23-24-43(59-46)45(35)38)34-22-21-32(49(52,53)54)26-42(34)50(55,56)57/h1-26H,28H2,(H,59,60). The predicted octanol–water partition coefficient (Wildman–Crippen LogP) is 12.3. The van der Waals surface area contributed by atoms with Crippen molar-refractivity contribution in [2.75, 3.05) is 11.9 Å². The van der Waals surface area contributed by atoms with Crippen LogP contribution in [-0.4, -0.2) is 25.2 Å². The fraction of sp³-hybridized carbons (Fsp3) is 0.0800. The van der Waals surface area contributed by atoms with Gasteiger partial charge in [0, 0.05) is 34.3 Å². The molecule has 0 saturated carbocycles. The molecule has 0 amide bonds. The van der Waals surface area contributed by atoms with Gasteiger partial charge in [-0.15, -0.1) is 0 Å². The first-order valence-electron chi connectivity index (χ1n) is 19.3. The first-order chi connectivity index (χ1) is 29.4. The van der Waals surface area contributed by atoms with Gasteiger partial charge in [-0.2, -0.15) is 31.6 Å². The Morgan fingerprint density at radius 2 is 1.26 bits per heavy atom. The van der Waals surface area contributed by atoms with Crippen molar-refractivity contribution in [1.82, 2.24) is 4.81 Å². The van der Waals surface area contributed by atoms with E-state index in [9.17, 15) is 31.6 Å². The number of nitriles is 1. The van der Waals surface area contributed by atoms with Crippen LogP contribution < -0.4 is 5.32 Å². The number of nitrogens with zero attached hydrogens (tertiary/aromatic N) is 3. The van der Waals surface area contributed by atoms with Gasteiger partial charge in [-0.25, -0.2) is 4.99 Å². The second kappa shape index (κ2) is 13.9. The third-order valence-electron chi connectivity index (χ3n) is 11.8. The van der Waals surface area contributed by atoms with E-state index in [1.54, 1.807) is 30.3 Å². The molecule has 7 aromatic carbocycles. The van der Waals surface area contributed by atoms with E-state index < -0.39 is 28.9 Å². The quantitative estimate of drug-likeness (QED) is 0.139. The lowest BCUT2D eigenvalue weighted by Gasteiger charge is -2.34. The SMILES string of the molecule is [B]N1CC(C#N)=CC(c2cccc3c2-c2ccccc2C3(c2ccccc2)c2ccccc2)=C1N=C1Nc2ccc(-c3ccc(C(F)(F)F)cc3C(F)(F)F)c3cccc1c23. The Balaban J connectivity index is 1.19. The Bertz CT molecular complexity index is 3050. The van der Waals surface area contributed by atoms with Gasteiger partial charge in [-0.3, -0.25) is 0 Å². The molecule has 2 radical (unpaired) electrons. The van der Waals surface area contributed by atoms with Crippen LogP contribution in [0.4, 0.5) is 32.0 Å². The first kappa shape index (κ1) is 37.9. The monoisotopic (exact) mass is 810 g/mol. The molecule has 0 aromatic heterocycles. The summed E-state index contributed by atoms with van der Waals surface area (Å²) in [5.41, 5.74) is 5.40. The van der Waals surface area contributed by atoms with Gasteiger partial charge < -0.3 is 10.1 Å². The molecule has 2 heterocycles. The highest BCUT2D eigenvalue weighted by Crippen LogP contribution is 2.58. The van der Waals surface area contributed by atoms with Crippen LogP contribution in [-0.2, 0) is 17.8 Å². The minimum atomic E-state index is -5.06. The van der Waals surface area contributed by atoms with Crippen molar-refractivity contribution >= 4 is 35.8 Å². The highest BCUT2D eigenvalue weighted by molar-refractivity contribution is 6.28. The maximum atomic E-state index is 14.4. The van der Waals surface area contributed by atoms with Gasteiger partial charge in [0.25, 0.3) is 0 Å². The lowest BCUT2D eigenvalue weighted by atomic mass is 9.67. The first-order valence-corrected chi connectivity index (χ1v) is 19.3. The van der Waals surface area contributed by atoms with Crippen LogP contribution in [0.25, 0.3) is 38.6 Å². The van der Waals surface area contributed by atoms with Crippen LogP contribution in [0.2, 0.25) is 0 Å². The van der Waals surface area contributed by atoms with E-state index in [1.807, 2.05) is 60.7 Å². The number of amidine groups is 1. The summed E-state index contributed by atoms with van der Waals surface area (Å²) in [5, 5.41) is 14.5. The molecule has 0 bridgehead atoms. The summed E-state index contributed by atoms with van der Waals surface area (Å²) in [6, 6.07) is 47.2.